The number of nitriles is 1. The molecular formula is C19H21N3OS3. The number of rotatable bonds is 2. The van der Waals surface area contributed by atoms with Gasteiger partial charge in [0, 0.05) is 4.88 Å². The molecule has 7 heteroatoms. The zero-order valence-corrected chi connectivity index (χ0v) is 17.5. The number of amides is 1. The summed E-state index contributed by atoms with van der Waals surface area (Å²) in [6.45, 7) is 6.82. The van der Waals surface area contributed by atoms with Gasteiger partial charge in [-0.15, -0.1) is 22.7 Å². The third-order valence-corrected chi connectivity index (χ3v) is 7.04. The highest BCUT2D eigenvalue weighted by Gasteiger charge is 2.32. The minimum atomic E-state index is -0.231. The van der Waals surface area contributed by atoms with Crippen LogP contribution in [-0.4, -0.2) is 11.0 Å². The third-order valence-electron chi connectivity index (χ3n) is 4.80. The van der Waals surface area contributed by atoms with Crippen LogP contribution in [0.1, 0.15) is 52.9 Å². The van der Waals surface area contributed by atoms with Crippen molar-refractivity contribution in [3.05, 3.63) is 38.4 Å². The molecule has 2 aromatic heterocycles. The molecule has 0 unspecified atom stereocenters. The SMILES string of the molecule is CC(C)(C)[C@@H]1CCc2c(sc(NC(=S)NC(=O)c3cccs3)c2C#N)C1. The Morgan fingerprint density at radius 2 is 2.19 bits per heavy atom. The van der Waals surface area contributed by atoms with Crippen LogP contribution in [0.2, 0.25) is 0 Å². The molecular weight excluding hydrogens is 382 g/mol. The second kappa shape index (κ2) is 7.47. The van der Waals surface area contributed by atoms with Crippen LogP contribution in [0, 0.1) is 22.7 Å². The van der Waals surface area contributed by atoms with E-state index in [0.29, 0.717) is 16.4 Å². The summed E-state index contributed by atoms with van der Waals surface area (Å²) in [4.78, 5) is 14.0. The first-order chi connectivity index (χ1) is 12.3. The van der Waals surface area contributed by atoms with Crippen molar-refractivity contribution in [2.24, 2.45) is 11.3 Å². The van der Waals surface area contributed by atoms with E-state index in [4.69, 9.17) is 12.2 Å². The van der Waals surface area contributed by atoms with E-state index in [0.717, 1.165) is 29.8 Å². The van der Waals surface area contributed by atoms with Crippen LogP contribution >= 0.6 is 34.9 Å². The first-order valence-electron chi connectivity index (χ1n) is 8.50. The van der Waals surface area contributed by atoms with Gasteiger partial charge in [-0.2, -0.15) is 5.26 Å². The molecule has 0 radical (unpaired) electrons. The van der Waals surface area contributed by atoms with Gasteiger partial charge in [0.05, 0.1) is 10.4 Å². The Kier molecular flexibility index (Phi) is 5.47. The van der Waals surface area contributed by atoms with Crippen LogP contribution < -0.4 is 10.6 Å². The van der Waals surface area contributed by atoms with E-state index in [2.05, 4.69) is 37.5 Å². The molecule has 4 nitrogen and oxygen atoms in total. The molecule has 0 saturated heterocycles. The van der Waals surface area contributed by atoms with E-state index in [1.165, 1.54) is 16.2 Å². The number of nitrogens with one attached hydrogen (secondary N) is 2. The van der Waals surface area contributed by atoms with Crippen LogP contribution in [0.4, 0.5) is 5.00 Å². The molecule has 1 atom stereocenters. The molecule has 0 bridgehead atoms. The van der Waals surface area contributed by atoms with Crippen molar-refractivity contribution >= 4 is 50.9 Å². The monoisotopic (exact) mass is 403 g/mol. The maximum atomic E-state index is 12.1. The smallest absolute Gasteiger partial charge is 0.267 e. The van der Waals surface area contributed by atoms with E-state index < -0.39 is 0 Å². The summed E-state index contributed by atoms with van der Waals surface area (Å²) in [7, 11) is 0. The van der Waals surface area contributed by atoms with Gasteiger partial charge in [-0.3, -0.25) is 10.1 Å². The van der Waals surface area contributed by atoms with Crippen molar-refractivity contribution in [2.75, 3.05) is 5.32 Å². The van der Waals surface area contributed by atoms with E-state index in [9.17, 15) is 10.1 Å². The Balaban J connectivity index is 1.75. The maximum absolute atomic E-state index is 12.1. The van der Waals surface area contributed by atoms with Crippen molar-refractivity contribution in [1.29, 1.82) is 5.26 Å². The van der Waals surface area contributed by atoms with Crippen LogP contribution in [0.5, 0.6) is 0 Å². The Labute approximate surface area is 167 Å². The summed E-state index contributed by atoms with van der Waals surface area (Å²) in [5.41, 5.74) is 2.07. The third kappa shape index (κ3) is 3.98. The summed E-state index contributed by atoms with van der Waals surface area (Å²) in [5.74, 6) is 0.378. The highest BCUT2D eigenvalue weighted by Crippen LogP contribution is 2.43. The number of carbonyl (C=O) groups is 1. The number of nitrogens with zero attached hydrogens (tertiary/aromatic N) is 1. The first kappa shape index (κ1) is 19.0. The average molecular weight is 404 g/mol. The molecule has 0 saturated carbocycles. The molecule has 2 heterocycles. The fourth-order valence-electron chi connectivity index (χ4n) is 3.24. The minimum absolute atomic E-state index is 0.228. The quantitative estimate of drug-likeness (QED) is 0.696. The number of thiophene rings is 2. The second-order valence-corrected chi connectivity index (χ2v) is 9.97. The lowest BCUT2D eigenvalue weighted by molar-refractivity contribution is 0.0981. The van der Waals surface area contributed by atoms with Crippen LogP contribution in [-0.2, 0) is 12.8 Å². The van der Waals surface area contributed by atoms with Crippen LogP contribution in [0.25, 0.3) is 0 Å². The van der Waals surface area contributed by atoms with Gasteiger partial charge in [0.15, 0.2) is 5.11 Å². The summed E-state index contributed by atoms with van der Waals surface area (Å²) < 4.78 is 0. The molecule has 2 aromatic rings. The summed E-state index contributed by atoms with van der Waals surface area (Å²) >= 11 is 8.23. The Morgan fingerprint density at radius 1 is 1.42 bits per heavy atom. The van der Waals surface area contributed by atoms with Crippen molar-refractivity contribution in [2.45, 2.75) is 40.0 Å². The number of carbonyl (C=O) groups excluding carboxylic acids is 1. The zero-order chi connectivity index (χ0) is 18.9. The Morgan fingerprint density at radius 3 is 2.81 bits per heavy atom. The van der Waals surface area contributed by atoms with Gasteiger partial charge in [0.25, 0.3) is 5.91 Å². The van der Waals surface area contributed by atoms with Gasteiger partial charge >= 0.3 is 0 Å². The van der Waals surface area contributed by atoms with Crippen LogP contribution in [0.15, 0.2) is 17.5 Å². The standard InChI is InChI=1S/C19H21N3OS3/c1-19(2,3)11-6-7-12-13(10-20)17(26-15(12)9-11)22-18(24)21-16(23)14-5-4-8-25-14/h4-5,8,11H,6-7,9H2,1-3H3,(H2,21,22,23,24)/t11-/m1/s1. The van der Waals surface area contributed by atoms with Crippen LogP contribution in [0.3, 0.4) is 0 Å². The number of hydrogen-bond acceptors (Lipinski definition) is 5. The van der Waals surface area contributed by atoms with Gasteiger partial charge in [-0.1, -0.05) is 26.8 Å². The van der Waals surface area contributed by atoms with E-state index in [1.54, 1.807) is 17.4 Å². The van der Waals surface area contributed by atoms with Crippen molar-refractivity contribution in [3.63, 3.8) is 0 Å². The number of thiocarbonyl (C=S) groups is 1. The van der Waals surface area contributed by atoms with E-state index in [-0.39, 0.29) is 16.4 Å². The Hall–Kier alpha value is -1.75. The molecule has 0 fully saturated rings. The molecule has 1 aliphatic carbocycles. The maximum Gasteiger partial charge on any atom is 0.267 e. The minimum Gasteiger partial charge on any atom is -0.323 e. The van der Waals surface area contributed by atoms with Gasteiger partial charge < -0.3 is 5.32 Å². The fourth-order valence-corrected chi connectivity index (χ4v) is 5.40. The Bertz CT molecular complexity index is 869. The molecule has 1 aliphatic rings. The van der Waals surface area contributed by atoms with Gasteiger partial charge in [-0.25, -0.2) is 0 Å². The molecule has 136 valence electrons. The van der Waals surface area contributed by atoms with Crippen molar-refractivity contribution in [1.82, 2.24) is 5.32 Å². The summed E-state index contributed by atoms with van der Waals surface area (Å²) in [6, 6.07) is 5.89. The van der Waals surface area contributed by atoms with Gasteiger partial charge in [0.1, 0.15) is 11.1 Å². The number of anilines is 1. The first-order valence-corrected chi connectivity index (χ1v) is 10.6. The zero-order valence-electron chi connectivity index (χ0n) is 15.0. The van der Waals surface area contributed by atoms with E-state index >= 15 is 0 Å². The second-order valence-electron chi connectivity index (χ2n) is 7.51. The van der Waals surface area contributed by atoms with Crippen molar-refractivity contribution < 1.29 is 4.79 Å². The number of hydrogen-bond donors (Lipinski definition) is 2. The molecule has 2 N–H and O–H groups in total. The molecule has 0 aliphatic heterocycles. The molecule has 26 heavy (non-hydrogen) atoms. The molecule has 1 amide bonds. The van der Waals surface area contributed by atoms with Gasteiger partial charge in [0.2, 0.25) is 0 Å². The normalized spacial score (nSPS) is 16.5. The summed E-state index contributed by atoms with van der Waals surface area (Å²) in [5, 5.41) is 18.2. The predicted octanol–water partition coefficient (Wildman–Crippen LogP) is 4.96. The largest absolute Gasteiger partial charge is 0.323 e. The lowest BCUT2D eigenvalue weighted by atomic mass is 9.72. The summed E-state index contributed by atoms with van der Waals surface area (Å²) in [6.07, 6.45) is 3.02. The highest BCUT2D eigenvalue weighted by molar-refractivity contribution is 7.80. The average Bonchev–Trinajstić information content (AvgIpc) is 3.20. The highest BCUT2D eigenvalue weighted by atomic mass is 32.1. The molecule has 0 spiro atoms. The van der Waals surface area contributed by atoms with E-state index in [1.807, 2.05) is 11.4 Å². The topological polar surface area (TPSA) is 64.9 Å². The van der Waals surface area contributed by atoms with Gasteiger partial charge in [-0.05, 0) is 59.8 Å². The molecule has 3 rings (SSSR count). The fraction of sp³-hybridized carbons (Fsp3) is 0.421. The lowest BCUT2D eigenvalue weighted by Crippen LogP contribution is -2.33. The lowest BCUT2D eigenvalue weighted by Gasteiger charge is -2.33. The van der Waals surface area contributed by atoms with Crippen molar-refractivity contribution in [3.8, 4) is 6.07 Å². The number of fused-ring (bicyclic) bond motifs is 1. The predicted molar refractivity (Wildman–Crippen MR) is 112 cm³/mol. The molecule has 0 aromatic carbocycles.